The summed E-state index contributed by atoms with van der Waals surface area (Å²) in [6, 6.07) is 5.43. The van der Waals surface area contributed by atoms with E-state index in [1.807, 2.05) is 0 Å². The van der Waals surface area contributed by atoms with Crippen LogP contribution in [0.2, 0.25) is 5.02 Å². The zero-order chi connectivity index (χ0) is 12.5. The lowest BCUT2D eigenvalue weighted by molar-refractivity contribution is 0.445. The first-order valence-electron chi connectivity index (χ1n) is 6.53. The number of phenolic OH excluding ortho intramolecular Hbond substituents is 1. The molecule has 18 heavy (non-hydrogen) atoms. The molecule has 94 valence electrons. The molecule has 1 aromatic carbocycles. The lowest BCUT2D eigenvalue weighted by atomic mass is 9.83. The summed E-state index contributed by atoms with van der Waals surface area (Å²) in [5.41, 5.74) is 1.88. The molecule has 0 radical (unpaired) electrons. The molecule has 0 spiro atoms. The average Bonchev–Trinajstić information content (AvgIpc) is 2.43. The van der Waals surface area contributed by atoms with Gasteiger partial charge < -0.3 is 5.11 Å². The van der Waals surface area contributed by atoms with Gasteiger partial charge in [0.05, 0.1) is 5.02 Å². The van der Waals surface area contributed by atoms with E-state index in [4.69, 9.17) is 11.6 Å². The van der Waals surface area contributed by atoms with E-state index in [9.17, 15) is 5.11 Å². The smallest absolute Gasteiger partial charge is 0.141 e. The van der Waals surface area contributed by atoms with Gasteiger partial charge in [0.1, 0.15) is 11.3 Å². The van der Waals surface area contributed by atoms with Gasteiger partial charge in [0.25, 0.3) is 0 Å². The number of halogens is 1. The molecule has 1 aliphatic carbocycles. The third kappa shape index (κ3) is 1.95. The number of aromatic nitrogens is 1. The molecule has 3 rings (SSSR count). The lowest BCUT2D eigenvalue weighted by Crippen LogP contribution is -2.05. The first-order chi connectivity index (χ1) is 8.77. The van der Waals surface area contributed by atoms with Crippen molar-refractivity contribution in [2.24, 2.45) is 0 Å². The van der Waals surface area contributed by atoms with Crippen molar-refractivity contribution in [2.45, 2.75) is 38.0 Å². The van der Waals surface area contributed by atoms with E-state index in [0.29, 0.717) is 16.5 Å². The maximum absolute atomic E-state index is 9.90. The molecular weight excluding hydrogens is 246 g/mol. The molecule has 0 aliphatic heterocycles. The van der Waals surface area contributed by atoms with Crippen LogP contribution in [0.1, 0.15) is 43.6 Å². The molecule has 0 atom stereocenters. The maximum Gasteiger partial charge on any atom is 0.141 e. The summed E-state index contributed by atoms with van der Waals surface area (Å²) in [6.07, 6.45) is 8.10. The van der Waals surface area contributed by atoms with Crippen molar-refractivity contribution in [1.82, 2.24) is 4.98 Å². The molecule has 1 N–H and O–H groups in total. The van der Waals surface area contributed by atoms with Crippen LogP contribution in [-0.4, -0.2) is 10.1 Å². The highest BCUT2D eigenvalue weighted by Gasteiger charge is 2.20. The van der Waals surface area contributed by atoms with Crippen LogP contribution in [0, 0.1) is 0 Å². The van der Waals surface area contributed by atoms with E-state index in [1.54, 1.807) is 18.3 Å². The van der Waals surface area contributed by atoms with Gasteiger partial charge in [0, 0.05) is 11.6 Å². The van der Waals surface area contributed by atoms with Crippen LogP contribution >= 0.6 is 11.6 Å². The zero-order valence-electron chi connectivity index (χ0n) is 10.2. The highest BCUT2D eigenvalue weighted by molar-refractivity contribution is 6.35. The first kappa shape index (κ1) is 11.8. The Morgan fingerprint density at radius 3 is 2.67 bits per heavy atom. The number of nitrogens with zero attached hydrogens (tertiary/aromatic N) is 1. The summed E-state index contributed by atoms with van der Waals surface area (Å²) < 4.78 is 0. The fraction of sp³-hybridized carbons (Fsp3) is 0.400. The van der Waals surface area contributed by atoms with Crippen LogP contribution in [0.4, 0.5) is 0 Å². The highest BCUT2D eigenvalue weighted by Crippen LogP contribution is 2.40. The molecule has 0 bridgehead atoms. The van der Waals surface area contributed by atoms with Crippen molar-refractivity contribution >= 4 is 22.5 Å². The van der Waals surface area contributed by atoms with Gasteiger partial charge >= 0.3 is 0 Å². The third-order valence-electron chi connectivity index (χ3n) is 3.90. The Labute approximate surface area is 112 Å². The monoisotopic (exact) mass is 261 g/mol. The average molecular weight is 262 g/mol. The molecule has 1 aliphatic rings. The van der Waals surface area contributed by atoms with Gasteiger partial charge in [-0.05, 0) is 42.5 Å². The summed E-state index contributed by atoms with van der Waals surface area (Å²) in [5, 5.41) is 11.5. The predicted molar refractivity (Wildman–Crippen MR) is 74.2 cm³/mol. The number of fused-ring (bicyclic) bond motifs is 1. The number of pyridine rings is 1. The number of rotatable bonds is 1. The summed E-state index contributed by atoms with van der Waals surface area (Å²) in [4.78, 5) is 4.26. The van der Waals surface area contributed by atoms with Gasteiger partial charge in [-0.3, -0.25) is 4.98 Å². The minimum Gasteiger partial charge on any atom is -0.506 e. The lowest BCUT2D eigenvalue weighted by Gasteiger charge is -2.23. The fourth-order valence-corrected chi connectivity index (χ4v) is 3.25. The van der Waals surface area contributed by atoms with Gasteiger partial charge in [-0.25, -0.2) is 0 Å². The Balaban J connectivity index is 2.19. The Bertz CT molecular complexity index is 576. The maximum atomic E-state index is 9.90. The van der Waals surface area contributed by atoms with Gasteiger partial charge in [-0.1, -0.05) is 30.9 Å². The second-order valence-electron chi connectivity index (χ2n) is 5.03. The second kappa shape index (κ2) is 4.77. The van der Waals surface area contributed by atoms with Crippen LogP contribution in [0.5, 0.6) is 5.75 Å². The summed E-state index contributed by atoms with van der Waals surface area (Å²) in [5.74, 6) is 0.774. The molecule has 1 fully saturated rings. The van der Waals surface area contributed by atoms with Crippen molar-refractivity contribution < 1.29 is 5.11 Å². The largest absolute Gasteiger partial charge is 0.506 e. The minimum atomic E-state index is 0.215. The Hall–Kier alpha value is -1.28. The molecule has 1 heterocycles. The number of phenols is 1. The van der Waals surface area contributed by atoms with Gasteiger partial charge in [0.15, 0.2) is 0 Å². The third-order valence-corrected chi connectivity index (χ3v) is 4.21. The Morgan fingerprint density at radius 2 is 1.89 bits per heavy atom. The van der Waals surface area contributed by atoms with E-state index >= 15 is 0 Å². The number of aromatic hydroxyl groups is 1. The molecule has 3 heteroatoms. The first-order valence-corrected chi connectivity index (χ1v) is 6.91. The van der Waals surface area contributed by atoms with Gasteiger partial charge in [-0.2, -0.15) is 0 Å². The Kier molecular flexibility index (Phi) is 3.13. The van der Waals surface area contributed by atoms with Crippen LogP contribution in [0.15, 0.2) is 24.4 Å². The van der Waals surface area contributed by atoms with Gasteiger partial charge in [0.2, 0.25) is 0 Å². The van der Waals surface area contributed by atoms with E-state index in [1.165, 1.54) is 37.7 Å². The van der Waals surface area contributed by atoms with E-state index in [0.717, 1.165) is 5.39 Å². The van der Waals surface area contributed by atoms with Crippen molar-refractivity contribution in [3.63, 3.8) is 0 Å². The topological polar surface area (TPSA) is 33.1 Å². The zero-order valence-corrected chi connectivity index (χ0v) is 11.0. The second-order valence-corrected chi connectivity index (χ2v) is 5.43. The van der Waals surface area contributed by atoms with Crippen molar-refractivity contribution in [2.75, 3.05) is 0 Å². The van der Waals surface area contributed by atoms with Crippen molar-refractivity contribution in [3.8, 4) is 5.75 Å². The summed E-state index contributed by atoms with van der Waals surface area (Å²) in [6.45, 7) is 0. The van der Waals surface area contributed by atoms with Crippen LogP contribution < -0.4 is 0 Å². The molecule has 1 saturated carbocycles. The normalized spacial score (nSPS) is 17.2. The molecule has 0 saturated heterocycles. The SMILES string of the molecule is Oc1ccc(Cl)c2c(C3CCCCC3)ccnc12. The highest BCUT2D eigenvalue weighted by atomic mass is 35.5. The summed E-state index contributed by atoms with van der Waals surface area (Å²) in [7, 11) is 0. The van der Waals surface area contributed by atoms with E-state index in [-0.39, 0.29) is 5.75 Å². The standard InChI is InChI=1S/C15H16ClNO/c16-12-6-7-13(18)15-14(12)11(8-9-17-15)10-4-2-1-3-5-10/h6-10,18H,1-5H2. The summed E-state index contributed by atoms with van der Waals surface area (Å²) >= 11 is 6.30. The molecular formula is C15H16ClNO. The quantitative estimate of drug-likeness (QED) is 0.811. The van der Waals surface area contributed by atoms with Gasteiger partial charge in [-0.15, -0.1) is 0 Å². The Morgan fingerprint density at radius 1 is 1.11 bits per heavy atom. The van der Waals surface area contributed by atoms with Crippen LogP contribution in [0.3, 0.4) is 0 Å². The van der Waals surface area contributed by atoms with Crippen molar-refractivity contribution in [3.05, 3.63) is 35.0 Å². The molecule has 0 unspecified atom stereocenters. The molecule has 2 nitrogen and oxygen atoms in total. The molecule has 0 amide bonds. The number of hydrogen-bond donors (Lipinski definition) is 1. The fourth-order valence-electron chi connectivity index (χ4n) is 2.99. The number of benzene rings is 1. The predicted octanol–water partition coefficient (Wildman–Crippen LogP) is 4.64. The van der Waals surface area contributed by atoms with Crippen LogP contribution in [0.25, 0.3) is 10.9 Å². The molecule has 2 aromatic rings. The minimum absolute atomic E-state index is 0.215. The van der Waals surface area contributed by atoms with E-state index in [2.05, 4.69) is 11.1 Å². The molecule has 1 aromatic heterocycles. The van der Waals surface area contributed by atoms with Crippen molar-refractivity contribution in [1.29, 1.82) is 0 Å². The van der Waals surface area contributed by atoms with E-state index < -0.39 is 0 Å². The van der Waals surface area contributed by atoms with Crippen LogP contribution in [-0.2, 0) is 0 Å². The number of hydrogen-bond acceptors (Lipinski definition) is 2.